The maximum atomic E-state index is 12.7. The molecule has 5 rings (SSSR count). The highest BCUT2D eigenvalue weighted by Crippen LogP contribution is 2.25. The number of aromatic nitrogens is 3. The average molecular weight is 490 g/mol. The van der Waals surface area contributed by atoms with Crippen molar-refractivity contribution in [2.75, 3.05) is 18.4 Å². The first-order valence-electron chi connectivity index (χ1n) is 11.6. The molecular weight excluding hydrogens is 462 g/mol. The van der Waals surface area contributed by atoms with Crippen molar-refractivity contribution in [3.05, 3.63) is 70.7 Å². The standard InChI is InChI=1S/C26H27N5O3S/c1-16-4-6-20(7-5-16)24-29-30-25(34-24)21-10-8-19(9-11-21)23(32)28-26-27-22(15-35-26)14-31-12-17(2)33-18(3)13-31/h4-11,15,17-18H,12-14H2,1-3H3,(H,27,28,32). The van der Waals surface area contributed by atoms with E-state index in [0.29, 0.717) is 22.5 Å². The number of carbonyl (C=O) groups excluding carboxylic acids is 1. The lowest BCUT2D eigenvalue weighted by Gasteiger charge is -2.34. The van der Waals surface area contributed by atoms with E-state index >= 15 is 0 Å². The fourth-order valence-electron chi connectivity index (χ4n) is 4.17. The van der Waals surface area contributed by atoms with Crippen LogP contribution >= 0.6 is 11.3 Å². The highest BCUT2D eigenvalue weighted by atomic mass is 32.1. The number of nitrogens with zero attached hydrogens (tertiary/aromatic N) is 4. The van der Waals surface area contributed by atoms with Gasteiger partial charge in [0.2, 0.25) is 11.8 Å². The van der Waals surface area contributed by atoms with Crippen molar-refractivity contribution in [3.8, 4) is 22.9 Å². The fourth-order valence-corrected chi connectivity index (χ4v) is 4.86. The Kier molecular flexibility index (Phi) is 6.72. The molecule has 0 saturated carbocycles. The molecule has 2 aromatic carbocycles. The summed E-state index contributed by atoms with van der Waals surface area (Å²) < 4.78 is 11.6. The Hall–Kier alpha value is -3.40. The topological polar surface area (TPSA) is 93.4 Å². The fraction of sp³-hybridized carbons (Fsp3) is 0.308. The number of carbonyl (C=O) groups is 1. The number of morpholine rings is 1. The van der Waals surface area contributed by atoms with Crippen molar-refractivity contribution in [3.63, 3.8) is 0 Å². The van der Waals surface area contributed by atoms with E-state index in [9.17, 15) is 4.79 Å². The summed E-state index contributed by atoms with van der Waals surface area (Å²) in [7, 11) is 0. The predicted octanol–water partition coefficient (Wildman–Crippen LogP) is 5.03. The number of anilines is 1. The summed E-state index contributed by atoms with van der Waals surface area (Å²) >= 11 is 1.43. The quantitative estimate of drug-likeness (QED) is 0.406. The number of rotatable bonds is 6. The molecule has 1 amide bonds. The summed E-state index contributed by atoms with van der Waals surface area (Å²) in [6.07, 6.45) is 0.418. The number of hydrogen-bond donors (Lipinski definition) is 1. The molecular formula is C26H27N5O3S. The van der Waals surface area contributed by atoms with Crippen molar-refractivity contribution in [2.24, 2.45) is 0 Å². The summed E-state index contributed by atoms with van der Waals surface area (Å²) in [4.78, 5) is 19.7. The van der Waals surface area contributed by atoms with Crippen LogP contribution in [0, 0.1) is 6.92 Å². The molecule has 2 unspecified atom stereocenters. The minimum Gasteiger partial charge on any atom is -0.416 e. The zero-order chi connectivity index (χ0) is 24.4. The average Bonchev–Trinajstić information content (AvgIpc) is 3.49. The van der Waals surface area contributed by atoms with Crippen LogP contribution in [-0.4, -0.2) is 51.3 Å². The Morgan fingerprint density at radius 2 is 1.60 bits per heavy atom. The van der Waals surface area contributed by atoms with Gasteiger partial charge in [0.05, 0.1) is 17.9 Å². The number of nitrogens with one attached hydrogen (secondary N) is 1. The van der Waals surface area contributed by atoms with Gasteiger partial charge in [-0.3, -0.25) is 15.0 Å². The van der Waals surface area contributed by atoms with Gasteiger partial charge in [0.15, 0.2) is 5.13 Å². The monoisotopic (exact) mass is 489 g/mol. The highest BCUT2D eigenvalue weighted by molar-refractivity contribution is 7.14. The van der Waals surface area contributed by atoms with Crippen LogP contribution in [0.4, 0.5) is 5.13 Å². The Bertz CT molecular complexity index is 1290. The van der Waals surface area contributed by atoms with Gasteiger partial charge in [-0.2, -0.15) is 0 Å². The molecule has 1 fully saturated rings. The van der Waals surface area contributed by atoms with E-state index in [1.54, 1.807) is 24.3 Å². The molecule has 2 atom stereocenters. The van der Waals surface area contributed by atoms with E-state index in [4.69, 9.17) is 9.15 Å². The minimum absolute atomic E-state index is 0.209. The third-order valence-corrected chi connectivity index (χ3v) is 6.58. The van der Waals surface area contributed by atoms with Crippen LogP contribution < -0.4 is 5.32 Å². The largest absolute Gasteiger partial charge is 0.416 e. The number of aryl methyl sites for hydroxylation is 1. The summed E-state index contributed by atoms with van der Waals surface area (Å²) in [5.74, 6) is 0.656. The van der Waals surface area contributed by atoms with Gasteiger partial charge in [0, 0.05) is 41.7 Å². The first-order valence-corrected chi connectivity index (χ1v) is 12.5. The maximum Gasteiger partial charge on any atom is 0.257 e. The van der Waals surface area contributed by atoms with Crippen molar-refractivity contribution < 1.29 is 13.9 Å². The molecule has 2 aromatic heterocycles. The van der Waals surface area contributed by atoms with Gasteiger partial charge in [-0.15, -0.1) is 21.5 Å². The molecule has 3 heterocycles. The van der Waals surface area contributed by atoms with E-state index in [1.165, 1.54) is 11.3 Å². The molecule has 180 valence electrons. The van der Waals surface area contributed by atoms with E-state index in [2.05, 4.69) is 39.2 Å². The van der Waals surface area contributed by atoms with Crippen LogP contribution in [0.1, 0.15) is 35.5 Å². The van der Waals surface area contributed by atoms with Crippen LogP contribution in [0.3, 0.4) is 0 Å². The van der Waals surface area contributed by atoms with Gasteiger partial charge < -0.3 is 9.15 Å². The molecule has 1 aliphatic heterocycles. The predicted molar refractivity (Wildman–Crippen MR) is 135 cm³/mol. The molecule has 1 aliphatic rings. The van der Waals surface area contributed by atoms with Crippen LogP contribution in [0.5, 0.6) is 0 Å². The molecule has 35 heavy (non-hydrogen) atoms. The highest BCUT2D eigenvalue weighted by Gasteiger charge is 2.23. The second-order valence-electron chi connectivity index (χ2n) is 8.91. The molecule has 0 aliphatic carbocycles. The summed E-state index contributed by atoms with van der Waals surface area (Å²) in [6.45, 7) is 8.70. The number of amides is 1. The second kappa shape index (κ2) is 10.1. The number of hydrogen-bond acceptors (Lipinski definition) is 8. The van der Waals surface area contributed by atoms with Crippen LogP contribution in [0.2, 0.25) is 0 Å². The minimum atomic E-state index is -0.211. The summed E-state index contributed by atoms with van der Waals surface area (Å²) in [5, 5.41) is 13.8. The Balaban J connectivity index is 1.20. The lowest BCUT2D eigenvalue weighted by molar-refractivity contribution is -0.0707. The van der Waals surface area contributed by atoms with Gasteiger partial charge in [0.1, 0.15) is 0 Å². The summed E-state index contributed by atoms with van der Waals surface area (Å²) in [6, 6.07) is 15.0. The number of thiazole rings is 1. The third kappa shape index (κ3) is 5.64. The van der Waals surface area contributed by atoms with Crippen molar-refractivity contribution in [1.82, 2.24) is 20.1 Å². The Morgan fingerprint density at radius 1 is 1.00 bits per heavy atom. The first-order chi connectivity index (χ1) is 16.9. The second-order valence-corrected chi connectivity index (χ2v) is 9.76. The molecule has 1 N–H and O–H groups in total. The molecule has 4 aromatic rings. The van der Waals surface area contributed by atoms with Gasteiger partial charge in [-0.05, 0) is 57.2 Å². The third-order valence-electron chi connectivity index (χ3n) is 5.77. The van der Waals surface area contributed by atoms with Gasteiger partial charge >= 0.3 is 0 Å². The zero-order valence-electron chi connectivity index (χ0n) is 19.9. The first kappa shape index (κ1) is 23.3. The van der Waals surface area contributed by atoms with E-state index in [1.807, 2.05) is 36.6 Å². The molecule has 9 heteroatoms. The Morgan fingerprint density at radius 3 is 2.23 bits per heavy atom. The van der Waals surface area contributed by atoms with Gasteiger partial charge in [-0.1, -0.05) is 17.7 Å². The van der Waals surface area contributed by atoms with Gasteiger partial charge in [0.25, 0.3) is 5.91 Å². The SMILES string of the molecule is Cc1ccc(-c2nnc(-c3ccc(C(=O)Nc4nc(CN5CC(C)OC(C)C5)cs4)cc3)o2)cc1. The van der Waals surface area contributed by atoms with Crippen LogP contribution in [0.25, 0.3) is 22.9 Å². The normalized spacial score (nSPS) is 18.5. The van der Waals surface area contributed by atoms with Gasteiger partial charge in [-0.25, -0.2) is 4.98 Å². The van der Waals surface area contributed by atoms with E-state index < -0.39 is 0 Å². The van der Waals surface area contributed by atoms with Crippen molar-refractivity contribution in [2.45, 2.75) is 39.5 Å². The smallest absolute Gasteiger partial charge is 0.257 e. The van der Waals surface area contributed by atoms with E-state index in [-0.39, 0.29) is 18.1 Å². The lowest BCUT2D eigenvalue weighted by Crippen LogP contribution is -2.44. The van der Waals surface area contributed by atoms with Crippen molar-refractivity contribution >= 4 is 22.4 Å². The molecule has 8 nitrogen and oxygen atoms in total. The molecule has 1 saturated heterocycles. The van der Waals surface area contributed by atoms with Crippen LogP contribution in [0.15, 0.2) is 58.3 Å². The number of benzene rings is 2. The molecule has 0 spiro atoms. The Labute approximate surface area is 208 Å². The maximum absolute atomic E-state index is 12.7. The zero-order valence-corrected chi connectivity index (χ0v) is 20.7. The molecule has 0 bridgehead atoms. The lowest BCUT2D eigenvalue weighted by atomic mass is 10.1. The summed E-state index contributed by atoms with van der Waals surface area (Å²) in [5.41, 5.74) is 4.25. The van der Waals surface area contributed by atoms with E-state index in [0.717, 1.165) is 42.0 Å². The molecule has 0 radical (unpaired) electrons. The van der Waals surface area contributed by atoms with Crippen LogP contribution in [-0.2, 0) is 11.3 Å². The number of ether oxygens (including phenoxy) is 1. The van der Waals surface area contributed by atoms with Crippen molar-refractivity contribution in [1.29, 1.82) is 0 Å².